The summed E-state index contributed by atoms with van der Waals surface area (Å²) in [6.07, 6.45) is 4.33. The van der Waals surface area contributed by atoms with Crippen LogP contribution in [0, 0.1) is 0 Å². The van der Waals surface area contributed by atoms with Gasteiger partial charge in [-0.05, 0) is 55.4 Å². The van der Waals surface area contributed by atoms with Crippen LogP contribution in [0.2, 0.25) is 0 Å². The number of hydrogen-bond acceptors (Lipinski definition) is 9. The van der Waals surface area contributed by atoms with Crippen molar-refractivity contribution in [2.75, 3.05) is 11.5 Å². The number of carboxylic acids is 1. The minimum absolute atomic E-state index is 0.0213. The third-order valence-corrected chi connectivity index (χ3v) is 6.92. The number of aromatic amines is 1. The van der Waals surface area contributed by atoms with Gasteiger partial charge in [0.05, 0.1) is 10.6 Å². The number of nitrogens with zero attached hydrogens (tertiary/aromatic N) is 2. The Morgan fingerprint density at radius 2 is 1.89 bits per heavy atom. The molecule has 3 amide bonds. The van der Waals surface area contributed by atoms with Crippen LogP contribution in [0.1, 0.15) is 40.7 Å². The number of benzene rings is 1. The SMILES string of the molecule is Nc1nc(N)c2c(CCCc3ccc(C(=O)N[C@@H](CCC4SC(=O)NC4=O)C(=O)O)cc3)c[nH]c2n1. The van der Waals surface area contributed by atoms with Crippen LogP contribution in [0.5, 0.6) is 0 Å². The van der Waals surface area contributed by atoms with E-state index >= 15 is 0 Å². The largest absolute Gasteiger partial charge is 0.480 e. The van der Waals surface area contributed by atoms with Crippen LogP contribution in [0.4, 0.5) is 16.6 Å². The summed E-state index contributed by atoms with van der Waals surface area (Å²) in [4.78, 5) is 58.3. The van der Waals surface area contributed by atoms with Crippen LogP contribution in [-0.4, -0.2) is 54.4 Å². The van der Waals surface area contributed by atoms with Gasteiger partial charge in [0.1, 0.15) is 17.5 Å². The molecule has 1 aliphatic heterocycles. The summed E-state index contributed by atoms with van der Waals surface area (Å²) in [5.74, 6) is -1.73. The van der Waals surface area contributed by atoms with E-state index in [0.29, 0.717) is 17.0 Å². The minimum atomic E-state index is -1.21. The third-order valence-electron chi connectivity index (χ3n) is 5.87. The third kappa shape index (κ3) is 5.74. The van der Waals surface area contributed by atoms with Gasteiger partial charge in [-0.15, -0.1) is 0 Å². The second-order valence-corrected chi connectivity index (χ2v) is 9.56. The van der Waals surface area contributed by atoms with Gasteiger partial charge in [-0.2, -0.15) is 9.97 Å². The Labute approximate surface area is 209 Å². The summed E-state index contributed by atoms with van der Waals surface area (Å²) >= 11 is 0.827. The molecule has 2 atom stereocenters. The molecule has 1 fully saturated rings. The fraction of sp³-hybridized carbons (Fsp3) is 0.304. The average molecular weight is 512 g/mol. The minimum Gasteiger partial charge on any atom is -0.480 e. The van der Waals surface area contributed by atoms with Gasteiger partial charge in [0.2, 0.25) is 11.9 Å². The molecule has 1 aliphatic rings. The molecular formula is C23H25N7O5S. The molecular weight excluding hydrogens is 486 g/mol. The number of carbonyl (C=O) groups is 4. The lowest BCUT2D eigenvalue weighted by Gasteiger charge is -2.15. The van der Waals surface area contributed by atoms with E-state index in [0.717, 1.165) is 47.5 Å². The fourth-order valence-corrected chi connectivity index (χ4v) is 4.89. The van der Waals surface area contributed by atoms with Gasteiger partial charge in [-0.3, -0.25) is 19.7 Å². The molecule has 0 bridgehead atoms. The molecule has 188 valence electrons. The lowest BCUT2D eigenvalue weighted by Crippen LogP contribution is -2.41. The fourth-order valence-electron chi connectivity index (χ4n) is 4.05. The standard InChI is InChI=1S/C23H25N7O5S/c24-17-16-13(10-26-18(16)29-22(25)28-17)3-1-2-11-4-6-12(7-5-11)19(31)27-14(21(33)34)8-9-15-20(32)30-23(35)36-15/h4-7,10,14-15H,1-3,8-9H2,(H,27,31)(H,33,34)(H,30,32,35)(H5,24,25,26,28,29)/t14-,15?/m0/s1. The van der Waals surface area contributed by atoms with Crippen molar-refractivity contribution in [3.05, 3.63) is 47.2 Å². The van der Waals surface area contributed by atoms with Crippen LogP contribution < -0.4 is 22.1 Å². The maximum Gasteiger partial charge on any atom is 0.326 e. The lowest BCUT2D eigenvalue weighted by atomic mass is 10.0. The first-order valence-corrected chi connectivity index (χ1v) is 12.1. The summed E-state index contributed by atoms with van der Waals surface area (Å²) < 4.78 is 0. The van der Waals surface area contributed by atoms with Crippen molar-refractivity contribution in [2.45, 2.75) is 43.4 Å². The molecule has 0 spiro atoms. The summed E-state index contributed by atoms with van der Waals surface area (Å²) in [5, 5.41) is 13.8. The Balaban J connectivity index is 1.29. The van der Waals surface area contributed by atoms with E-state index in [1.807, 2.05) is 18.3 Å². The van der Waals surface area contributed by atoms with E-state index in [4.69, 9.17) is 11.5 Å². The van der Waals surface area contributed by atoms with Crippen molar-refractivity contribution in [1.29, 1.82) is 0 Å². The number of rotatable bonds is 10. The molecule has 2 aromatic heterocycles. The number of hydrogen-bond donors (Lipinski definition) is 6. The number of carboxylic acid groups (broad SMARTS) is 1. The molecule has 4 rings (SSSR count). The highest BCUT2D eigenvalue weighted by molar-refractivity contribution is 8.15. The number of anilines is 2. The number of nitrogens with one attached hydrogen (secondary N) is 3. The molecule has 1 unspecified atom stereocenters. The Kier molecular flexibility index (Phi) is 7.38. The van der Waals surface area contributed by atoms with Crippen molar-refractivity contribution in [3.8, 4) is 0 Å². The maximum atomic E-state index is 12.6. The van der Waals surface area contributed by atoms with Gasteiger partial charge in [0.15, 0.2) is 0 Å². The Morgan fingerprint density at radius 3 is 2.56 bits per heavy atom. The maximum absolute atomic E-state index is 12.6. The van der Waals surface area contributed by atoms with E-state index in [1.54, 1.807) is 12.1 Å². The van der Waals surface area contributed by atoms with Crippen molar-refractivity contribution >= 4 is 57.6 Å². The Hall–Kier alpha value is -4.13. The normalized spacial score (nSPS) is 16.2. The number of carbonyl (C=O) groups excluding carboxylic acids is 3. The van der Waals surface area contributed by atoms with Crippen molar-refractivity contribution in [2.24, 2.45) is 0 Å². The molecule has 0 aliphatic carbocycles. The average Bonchev–Trinajstić information content (AvgIpc) is 3.38. The zero-order valence-electron chi connectivity index (χ0n) is 19.1. The molecule has 8 N–H and O–H groups in total. The number of nitrogens with two attached hydrogens (primary N) is 2. The summed E-state index contributed by atoms with van der Waals surface area (Å²) in [6, 6.07) is 5.75. The van der Waals surface area contributed by atoms with Gasteiger partial charge in [0.25, 0.3) is 11.1 Å². The number of thioether (sulfide) groups is 1. The predicted molar refractivity (Wildman–Crippen MR) is 134 cm³/mol. The zero-order chi connectivity index (χ0) is 25.8. The van der Waals surface area contributed by atoms with Gasteiger partial charge >= 0.3 is 5.97 Å². The molecule has 3 aromatic rings. The number of aromatic nitrogens is 3. The van der Waals surface area contributed by atoms with Crippen molar-refractivity contribution in [3.63, 3.8) is 0 Å². The highest BCUT2D eigenvalue weighted by atomic mass is 32.2. The summed E-state index contributed by atoms with van der Waals surface area (Å²) in [7, 11) is 0. The number of aryl methyl sites for hydroxylation is 2. The number of aliphatic carboxylic acids is 1. The van der Waals surface area contributed by atoms with Crippen molar-refractivity contribution in [1.82, 2.24) is 25.6 Å². The Morgan fingerprint density at radius 1 is 1.14 bits per heavy atom. The number of fused-ring (bicyclic) bond motifs is 1. The van der Waals surface area contributed by atoms with Crippen LogP contribution in [0.3, 0.4) is 0 Å². The molecule has 3 heterocycles. The van der Waals surface area contributed by atoms with Crippen LogP contribution in [0.15, 0.2) is 30.5 Å². The van der Waals surface area contributed by atoms with E-state index in [2.05, 4.69) is 25.6 Å². The van der Waals surface area contributed by atoms with Gasteiger partial charge in [-0.25, -0.2) is 4.79 Å². The first-order valence-electron chi connectivity index (χ1n) is 11.2. The number of amides is 3. The molecule has 36 heavy (non-hydrogen) atoms. The topological polar surface area (TPSA) is 206 Å². The zero-order valence-corrected chi connectivity index (χ0v) is 19.9. The van der Waals surface area contributed by atoms with E-state index in [1.165, 1.54) is 0 Å². The summed E-state index contributed by atoms with van der Waals surface area (Å²) in [5.41, 5.74) is 14.6. The van der Waals surface area contributed by atoms with Gasteiger partial charge in [0, 0.05) is 11.8 Å². The number of imide groups is 1. The highest BCUT2D eigenvalue weighted by Crippen LogP contribution is 2.25. The summed E-state index contributed by atoms with van der Waals surface area (Å²) in [6.45, 7) is 0. The Bertz CT molecular complexity index is 1320. The van der Waals surface area contributed by atoms with E-state index in [-0.39, 0.29) is 18.8 Å². The smallest absolute Gasteiger partial charge is 0.326 e. The van der Waals surface area contributed by atoms with Crippen LogP contribution in [0.25, 0.3) is 11.0 Å². The second-order valence-electron chi connectivity index (χ2n) is 8.38. The predicted octanol–water partition coefficient (Wildman–Crippen LogP) is 1.61. The molecule has 1 aromatic carbocycles. The van der Waals surface area contributed by atoms with E-state index in [9.17, 15) is 24.3 Å². The highest BCUT2D eigenvalue weighted by Gasteiger charge is 2.33. The molecule has 0 saturated carbocycles. The first kappa shape index (κ1) is 25.0. The molecule has 13 heteroatoms. The van der Waals surface area contributed by atoms with Gasteiger partial charge in [-0.1, -0.05) is 23.9 Å². The van der Waals surface area contributed by atoms with E-state index < -0.39 is 34.3 Å². The quantitative estimate of drug-likeness (QED) is 0.232. The monoisotopic (exact) mass is 511 g/mol. The van der Waals surface area contributed by atoms with Gasteiger partial charge < -0.3 is 26.9 Å². The van der Waals surface area contributed by atoms with Crippen LogP contribution >= 0.6 is 11.8 Å². The first-order chi connectivity index (χ1) is 17.2. The molecule has 12 nitrogen and oxygen atoms in total. The number of H-pyrrole nitrogens is 1. The van der Waals surface area contributed by atoms with Crippen LogP contribution in [-0.2, 0) is 22.4 Å². The second kappa shape index (κ2) is 10.6. The molecule has 1 saturated heterocycles. The lowest BCUT2D eigenvalue weighted by molar-refractivity contribution is -0.139. The van der Waals surface area contributed by atoms with Crippen molar-refractivity contribution < 1.29 is 24.3 Å². The number of nitrogen functional groups attached to an aromatic ring is 2. The molecule has 0 radical (unpaired) electrons.